The minimum atomic E-state index is -3.86. The van der Waals surface area contributed by atoms with Crippen molar-refractivity contribution >= 4 is 33.8 Å². The molecule has 0 aromatic carbocycles. The van der Waals surface area contributed by atoms with Crippen molar-refractivity contribution in [1.29, 1.82) is 0 Å². The van der Waals surface area contributed by atoms with Gasteiger partial charge in [0.25, 0.3) is 5.91 Å². The largest absolute Gasteiger partial charge is 0.453 e. The van der Waals surface area contributed by atoms with Gasteiger partial charge in [-0.2, -0.15) is 0 Å². The number of likely N-dealkylation sites (tertiary alicyclic amines) is 1. The van der Waals surface area contributed by atoms with Gasteiger partial charge in [0.2, 0.25) is 21.8 Å². The van der Waals surface area contributed by atoms with Gasteiger partial charge >= 0.3 is 6.09 Å². The highest BCUT2D eigenvalue weighted by molar-refractivity contribution is 7.91. The molecule has 2 aliphatic rings. The number of allylic oxidation sites excluding steroid dienone is 1. The number of carbonyl (C=O) groups is 4. The summed E-state index contributed by atoms with van der Waals surface area (Å²) >= 11 is 0. The number of methoxy groups -OCH3 is 1. The first-order valence-corrected chi connectivity index (χ1v) is 13.7. The Balaban J connectivity index is 2.05. The molecular formula is C23H38N4O7S. The lowest BCUT2D eigenvalue weighted by Crippen LogP contribution is -2.55. The highest BCUT2D eigenvalue weighted by Gasteiger charge is 2.51. The van der Waals surface area contributed by atoms with Gasteiger partial charge < -0.3 is 20.3 Å². The molecule has 2 atom stereocenters. The molecule has 11 nitrogen and oxygen atoms in total. The zero-order valence-corrected chi connectivity index (χ0v) is 21.6. The lowest BCUT2D eigenvalue weighted by molar-refractivity contribution is -0.138. The van der Waals surface area contributed by atoms with Gasteiger partial charge in [0, 0.05) is 6.54 Å². The Kier molecular flexibility index (Phi) is 10.5. The molecule has 0 aromatic heterocycles. The fourth-order valence-electron chi connectivity index (χ4n) is 3.79. The molecule has 0 bridgehead atoms. The SMILES string of the molecule is CCCCC/C=C\CC(NC(=O)C1CCCN1C(=O)CNC(=O)OC)C(=O)NS(=O)(=O)C1(C)CC1. The van der Waals surface area contributed by atoms with Crippen molar-refractivity contribution in [2.75, 3.05) is 20.2 Å². The summed E-state index contributed by atoms with van der Waals surface area (Å²) in [6.45, 7) is 3.69. The molecule has 0 radical (unpaired) electrons. The van der Waals surface area contributed by atoms with Crippen molar-refractivity contribution < 1.29 is 32.3 Å². The maximum absolute atomic E-state index is 13.0. The van der Waals surface area contributed by atoms with E-state index >= 15 is 0 Å². The van der Waals surface area contributed by atoms with Crippen LogP contribution in [0.4, 0.5) is 4.79 Å². The molecule has 198 valence electrons. The van der Waals surface area contributed by atoms with Crippen LogP contribution in [0.2, 0.25) is 0 Å². The van der Waals surface area contributed by atoms with Gasteiger partial charge in [0.05, 0.1) is 11.9 Å². The number of sulfonamides is 1. The number of unbranched alkanes of at least 4 members (excludes halogenated alkanes) is 3. The minimum Gasteiger partial charge on any atom is -0.453 e. The molecule has 1 aliphatic heterocycles. The number of rotatable bonds is 13. The van der Waals surface area contributed by atoms with Crippen LogP contribution in [0.1, 0.15) is 71.6 Å². The average molecular weight is 515 g/mol. The van der Waals surface area contributed by atoms with E-state index in [0.29, 0.717) is 32.2 Å². The van der Waals surface area contributed by atoms with Crippen molar-refractivity contribution in [3.8, 4) is 0 Å². The fourth-order valence-corrected chi connectivity index (χ4v) is 5.09. The summed E-state index contributed by atoms with van der Waals surface area (Å²) in [4.78, 5) is 51.1. The maximum Gasteiger partial charge on any atom is 0.407 e. The number of carbonyl (C=O) groups excluding carboxylic acids is 4. The number of ether oxygens (including phenoxy) is 1. The third-order valence-corrected chi connectivity index (χ3v) is 8.60. The van der Waals surface area contributed by atoms with E-state index in [4.69, 9.17) is 0 Å². The van der Waals surface area contributed by atoms with E-state index in [2.05, 4.69) is 27.0 Å². The molecule has 1 aliphatic carbocycles. The topological polar surface area (TPSA) is 151 Å². The van der Waals surface area contributed by atoms with E-state index in [1.54, 1.807) is 13.0 Å². The summed E-state index contributed by atoms with van der Waals surface area (Å²) < 4.78 is 30.7. The molecule has 3 N–H and O–H groups in total. The highest BCUT2D eigenvalue weighted by Crippen LogP contribution is 2.42. The zero-order chi connectivity index (χ0) is 26.1. The second-order valence-electron chi connectivity index (χ2n) is 9.27. The van der Waals surface area contributed by atoms with E-state index in [-0.39, 0.29) is 13.0 Å². The van der Waals surface area contributed by atoms with Crippen LogP contribution in [-0.2, 0) is 29.1 Å². The van der Waals surface area contributed by atoms with Crippen molar-refractivity contribution in [2.24, 2.45) is 0 Å². The highest BCUT2D eigenvalue weighted by atomic mass is 32.2. The summed E-state index contributed by atoms with van der Waals surface area (Å²) in [6, 6.07) is -1.92. The third-order valence-electron chi connectivity index (χ3n) is 6.43. The van der Waals surface area contributed by atoms with Crippen LogP contribution in [0.5, 0.6) is 0 Å². The Morgan fingerprint density at radius 1 is 1.17 bits per heavy atom. The summed E-state index contributed by atoms with van der Waals surface area (Å²) in [7, 11) is -2.68. The molecule has 12 heteroatoms. The quantitative estimate of drug-likeness (QED) is 0.248. The predicted octanol–water partition coefficient (Wildman–Crippen LogP) is 1.34. The second kappa shape index (κ2) is 12.9. The first-order valence-electron chi connectivity index (χ1n) is 12.2. The van der Waals surface area contributed by atoms with Crippen LogP contribution >= 0.6 is 0 Å². The Morgan fingerprint density at radius 2 is 1.89 bits per heavy atom. The van der Waals surface area contributed by atoms with Crippen molar-refractivity contribution in [2.45, 2.75) is 88.5 Å². The molecule has 1 heterocycles. The fraction of sp³-hybridized carbons (Fsp3) is 0.739. The Hall–Kier alpha value is -2.63. The van der Waals surface area contributed by atoms with E-state index in [1.807, 2.05) is 6.08 Å². The van der Waals surface area contributed by atoms with Gasteiger partial charge in [-0.05, 0) is 51.9 Å². The average Bonchev–Trinajstić information content (AvgIpc) is 3.39. The number of amides is 4. The third kappa shape index (κ3) is 8.22. The zero-order valence-electron chi connectivity index (χ0n) is 20.8. The first-order chi connectivity index (χ1) is 16.5. The maximum atomic E-state index is 13.0. The monoisotopic (exact) mass is 514 g/mol. The second-order valence-corrected chi connectivity index (χ2v) is 11.5. The van der Waals surface area contributed by atoms with Gasteiger partial charge in [0.15, 0.2) is 0 Å². The molecule has 1 saturated heterocycles. The Labute approximate surface area is 207 Å². The van der Waals surface area contributed by atoms with Crippen LogP contribution in [0.15, 0.2) is 12.2 Å². The molecule has 0 aromatic rings. The van der Waals surface area contributed by atoms with Crippen LogP contribution in [0.25, 0.3) is 0 Å². The van der Waals surface area contributed by atoms with E-state index < -0.39 is 50.7 Å². The minimum absolute atomic E-state index is 0.125. The Morgan fingerprint density at radius 3 is 2.51 bits per heavy atom. The number of nitrogens with one attached hydrogen (secondary N) is 3. The van der Waals surface area contributed by atoms with E-state index in [9.17, 15) is 27.6 Å². The predicted molar refractivity (Wildman–Crippen MR) is 130 cm³/mol. The van der Waals surface area contributed by atoms with Crippen LogP contribution in [-0.4, -0.2) is 74.2 Å². The molecule has 2 unspecified atom stereocenters. The van der Waals surface area contributed by atoms with Crippen molar-refractivity contribution in [3.63, 3.8) is 0 Å². The molecule has 2 fully saturated rings. The van der Waals surface area contributed by atoms with Crippen LogP contribution < -0.4 is 15.4 Å². The first kappa shape index (κ1) is 28.6. The lowest BCUT2D eigenvalue weighted by atomic mass is 10.1. The lowest BCUT2D eigenvalue weighted by Gasteiger charge is -2.26. The van der Waals surface area contributed by atoms with Gasteiger partial charge in [-0.15, -0.1) is 0 Å². The Bertz CT molecular complexity index is 915. The molecule has 0 spiro atoms. The van der Waals surface area contributed by atoms with Gasteiger partial charge in [-0.3, -0.25) is 19.1 Å². The standard InChI is InChI=1S/C23H38N4O7S/c1-4-5-6-7-8-9-11-17(20(29)26-35(32,33)23(2)13-14-23)25-21(30)18-12-10-15-27(18)19(28)16-24-22(31)34-3/h8-9,17-18H,4-7,10-16H2,1-3H3,(H,24,31)(H,25,30)(H,26,29)/b9-8-. The smallest absolute Gasteiger partial charge is 0.407 e. The molecular weight excluding hydrogens is 476 g/mol. The number of hydrogen-bond donors (Lipinski definition) is 3. The molecule has 1 saturated carbocycles. The van der Waals surface area contributed by atoms with Crippen LogP contribution in [0.3, 0.4) is 0 Å². The van der Waals surface area contributed by atoms with Gasteiger partial charge in [0.1, 0.15) is 18.6 Å². The van der Waals surface area contributed by atoms with Crippen LogP contribution in [0, 0.1) is 0 Å². The summed E-state index contributed by atoms with van der Waals surface area (Å²) in [5, 5.41) is 4.94. The molecule has 4 amide bonds. The van der Waals surface area contributed by atoms with Gasteiger partial charge in [-0.25, -0.2) is 13.2 Å². The normalized spacial score (nSPS) is 19.7. The summed E-state index contributed by atoms with van der Waals surface area (Å²) in [6.07, 6.45) is 8.97. The molecule has 35 heavy (non-hydrogen) atoms. The molecule has 2 rings (SSSR count). The van der Waals surface area contributed by atoms with E-state index in [0.717, 1.165) is 25.7 Å². The van der Waals surface area contributed by atoms with E-state index in [1.165, 1.54) is 12.0 Å². The number of alkyl carbamates (subject to hydrolysis) is 1. The number of nitrogens with zero attached hydrogens (tertiary/aromatic N) is 1. The summed E-state index contributed by atoms with van der Waals surface area (Å²) in [5.74, 6) is -1.79. The summed E-state index contributed by atoms with van der Waals surface area (Å²) in [5.41, 5.74) is 0. The van der Waals surface area contributed by atoms with Crippen molar-refractivity contribution in [3.05, 3.63) is 12.2 Å². The number of hydrogen-bond acceptors (Lipinski definition) is 7. The van der Waals surface area contributed by atoms with Gasteiger partial charge in [-0.1, -0.05) is 31.9 Å². The van der Waals surface area contributed by atoms with Crippen molar-refractivity contribution in [1.82, 2.24) is 20.3 Å².